The summed E-state index contributed by atoms with van der Waals surface area (Å²) >= 11 is 0. The van der Waals surface area contributed by atoms with Gasteiger partial charge in [-0.2, -0.15) is 0 Å². The molecule has 110 valence electrons. The fourth-order valence-corrected chi connectivity index (χ4v) is 1.32. The second-order valence-corrected chi connectivity index (χ2v) is 5.25. The third-order valence-electron chi connectivity index (χ3n) is 2.16. The Hall–Kier alpha value is -1.79. The van der Waals surface area contributed by atoms with Crippen molar-refractivity contribution in [1.82, 2.24) is 16.0 Å². The van der Waals surface area contributed by atoms with Crippen molar-refractivity contribution < 1.29 is 19.5 Å². The van der Waals surface area contributed by atoms with Crippen molar-refractivity contribution >= 4 is 17.9 Å². The highest BCUT2D eigenvalue weighted by atomic mass is 16.4. The average Bonchev–Trinajstić information content (AvgIpc) is 2.22. The van der Waals surface area contributed by atoms with E-state index >= 15 is 0 Å². The first-order valence-electron chi connectivity index (χ1n) is 6.24. The molecule has 0 heterocycles. The molecule has 0 aromatic rings. The molecule has 0 aliphatic heterocycles. The number of carboxylic acids is 1. The zero-order chi connectivity index (χ0) is 15.1. The minimum Gasteiger partial charge on any atom is -0.480 e. The maximum Gasteiger partial charge on any atom is 0.326 e. The largest absolute Gasteiger partial charge is 0.480 e. The Kier molecular flexibility index (Phi) is 6.89. The summed E-state index contributed by atoms with van der Waals surface area (Å²) in [7, 11) is 0. The lowest BCUT2D eigenvalue weighted by atomic mass is 10.1. The Labute approximate surface area is 113 Å². The molecule has 0 bridgehead atoms. The molecule has 0 fully saturated rings. The maximum absolute atomic E-state index is 11.4. The second kappa shape index (κ2) is 7.60. The molecule has 0 saturated carbocycles. The predicted molar refractivity (Wildman–Crippen MR) is 70.8 cm³/mol. The lowest BCUT2D eigenvalue weighted by Crippen LogP contribution is -2.47. The van der Waals surface area contributed by atoms with Gasteiger partial charge in [0.15, 0.2) is 0 Å². The fourth-order valence-electron chi connectivity index (χ4n) is 1.32. The second-order valence-electron chi connectivity index (χ2n) is 5.25. The quantitative estimate of drug-likeness (QED) is 0.563. The monoisotopic (exact) mass is 273 g/mol. The van der Waals surface area contributed by atoms with Crippen LogP contribution in [0.4, 0.5) is 4.79 Å². The van der Waals surface area contributed by atoms with Crippen LogP contribution >= 0.6 is 0 Å². The van der Waals surface area contributed by atoms with E-state index in [2.05, 4.69) is 16.0 Å². The number of aliphatic carboxylic acids is 1. The van der Waals surface area contributed by atoms with Crippen LogP contribution < -0.4 is 16.0 Å². The van der Waals surface area contributed by atoms with E-state index in [1.807, 2.05) is 20.8 Å². The predicted octanol–water partition coefficient (Wildman–Crippen LogP) is 0.454. The van der Waals surface area contributed by atoms with Crippen molar-refractivity contribution in [2.24, 2.45) is 0 Å². The number of carbonyl (C=O) groups is 3. The molecule has 1 atom stereocenters. The minimum absolute atomic E-state index is 0.147. The molecule has 0 radical (unpaired) electrons. The first-order chi connectivity index (χ1) is 8.65. The van der Waals surface area contributed by atoms with E-state index in [1.54, 1.807) is 6.92 Å². The highest BCUT2D eigenvalue weighted by molar-refractivity contribution is 5.83. The van der Waals surface area contributed by atoms with Gasteiger partial charge in [0, 0.05) is 18.5 Å². The van der Waals surface area contributed by atoms with Crippen LogP contribution in [0.1, 0.15) is 40.5 Å². The molecule has 0 aromatic carbocycles. The van der Waals surface area contributed by atoms with Gasteiger partial charge in [0.25, 0.3) is 0 Å². The molecule has 0 saturated heterocycles. The number of rotatable bonds is 6. The summed E-state index contributed by atoms with van der Waals surface area (Å²) in [6.45, 7) is 7.41. The number of hydrogen-bond donors (Lipinski definition) is 4. The van der Waals surface area contributed by atoms with Gasteiger partial charge >= 0.3 is 12.0 Å². The Bertz CT molecular complexity index is 336. The van der Waals surface area contributed by atoms with Gasteiger partial charge in [-0.3, -0.25) is 4.79 Å². The molecule has 0 aromatic heterocycles. The lowest BCUT2D eigenvalue weighted by Gasteiger charge is -2.20. The van der Waals surface area contributed by atoms with Crippen LogP contribution in [-0.4, -0.2) is 41.1 Å². The molecule has 3 amide bonds. The highest BCUT2D eigenvalue weighted by Gasteiger charge is 2.17. The van der Waals surface area contributed by atoms with E-state index < -0.39 is 18.0 Å². The SMILES string of the molecule is CC[C@H](NC(=O)NCCC(=O)NC(C)(C)C)C(=O)O. The molecule has 0 unspecified atom stereocenters. The Balaban J connectivity index is 3.92. The van der Waals surface area contributed by atoms with Crippen molar-refractivity contribution in [3.05, 3.63) is 0 Å². The lowest BCUT2D eigenvalue weighted by molar-refractivity contribution is -0.139. The van der Waals surface area contributed by atoms with Crippen LogP contribution in [0, 0.1) is 0 Å². The van der Waals surface area contributed by atoms with Crippen molar-refractivity contribution in [3.8, 4) is 0 Å². The van der Waals surface area contributed by atoms with E-state index in [4.69, 9.17) is 5.11 Å². The van der Waals surface area contributed by atoms with Crippen LogP contribution in [0.3, 0.4) is 0 Å². The third kappa shape index (κ3) is 8.87. The van der Waals surface area contributed by atoms with Crippen LogP contribution in [-0.2, 0) is 9.59 Å². The molecule has 0 aliphatic rings. The molecule has 0 rings (SSSR count). The van der Waals surface area contributed by atoms with Crippen molar-refractivity contribution in [3.63, 3.8) is 0 Å². The smallest absolute Gasteiger partial charge is 0.326 e. The van der Waals surface area contributed by atoms with Gasteiger partial charge in [-0.15, -0.1) is 0 Å². The minimum atomic E-state index is -1.08. The van der Waals surface area contributed by atoms with Crippen LogP contribution in [0.2, 0.25) is 0 Å². The number of urea groups is 1. The summed E-state index contributed by atoms with van der Waals surface area (Å²) < 4.78 is 0. The topological polar surface area (TPSA) is 108 Å². The summed E-state index contributed by atoms with van der Waals surface area (Å²) in [5, 5.41) is 16.3. The number of hydrogen-bond acceptors (Lipinski definition) is 3. The number of carbonyl (C=O) groups excluding carboxylic acids is 2. The zero-order valence-corrected chi connectivity index (χ0v) is 11.9. The molecule has 0 aliphatic carbocycles. The summed E-state index contributed by atoms with van der Waals surface area (Å²) in [4.78, 5) is 33.5. The van der Waals surface area contributed by atoms with Gasteiger partial charge < -0.3 is 21.1 Å². The summed E-state index contributed by atoms with van der Waals surface area (Å²) in [5.41, 5.74) is -0.310. The van der Waals surface area contributed by atoms with Crippen LogP contribution in [0.25, 0.3) is 0 Å². The average molecular weight is 273 g/mol. The molecule has 4 N–H and O–H groups in total. The van der Waals surface area contributed by atoms with Gasteiger partial charge in [0.05, 0.1) is 0 Å². The van der Waals surface area contributed by atoms with Gasteiger partial charge in [-0.25, -0.2) is 9.59 Å². The third-order valence-corrected chi connectivity index (χ3v) is 2.16. The van der Waals surface area contributed by atoms with E-state index in [0.29, 0.717) is 6.42 Å². The molecule has 7 heteroatoms. The highest BCUT2D eigenvalue weighted by Crippen LogP contribution is 1.98. The molecular formula is C12H23N3O4. The van der Waals surface area contributed by atoms with E-state index in [1.165, 1.54) is 0 Å². The van der Waals surface area contributed by atoms with Crippen LogP contribution in [0.5, 0.6) is 0 Å². The summed E-state index contributed by atoms with van der Waals surface area (Å²) in [5.74, 6) is -1.25. The molecule has 7 nitrogen and oxygen atoms in total. The number of carboxylic acid groups (broad SMARTS) is 1. The van der Waals surface area contributed by atoms with Crippen molar-refractivity contribution in [2.75, 3.05) is 6.54 Å². The normalized spacial score (nSPS) is 12.4. The van der Waals surface area contributed by atoms with E-state index in [0.717, 1.165) is 0 Å². The standard InChI is InChI=1S/C12H23N3O4/c1-5-8(10(17)18)14-11(19)13-7-6-9(16)15-12(2,3)4/h8H,5-7H2,1-4H3,(H,15,16)(H,17,18)(H2,13,14,19)/t8-/m0/s1. The molecule has 19 heavy (non-hydrogen) atoms. The van der Waals surface area contributed by atoms with Crippen molar-refractivity contribution in [1.29, 1.82) is 0 Å². The number of amides is 3. The van der Waals surface area contributed by atoms with Crippen molar-refractivity contribution in [2.45, 2.75) is 52.1 Å². The fraction of sp³-hybridized carbons (Fsp3) is 0.750. The Morgan fingerprint density at radius 1 is 1.21 bits per heavy atom. The van der Waals surface area contributed by atoms with Crippen LogP contribution in [0.15, 0.2) is 0 Å². The maximum atomic E-state index is 11.4. The summed E-state index contributed by atoms with van der Waals surface area (Å²) in [6, 6.07) is -1.50. The van der Waals surface area contributed by atoms with Gasteiger partial charge in [-0.1, -0.05) is 6.92 Å². The van der Waals surface area contributed by atoms with Gasteiger partial charge in [-0.05, 0) is 27.2 Å². The molecule has 0 spiro atoms. The Morgan fingerprint density at radius 3 is 2.21 bits per heavy atom. The van der Waals surface area contributed by atoms with E-state index in [9.17, 15) is 14.4 Å². The number of nitrogens with one attached hydrogen (secondary N) is 3. The zero-order valence-electron chi connectivity index (χ0n) is 11.9. The van der Waals surface area contributed by atoms with E-state index in [-0.39, 0.29) is 24.4 Å². The van der Waals surface area contributed by atoms with Gasteiger partial charge in [0.2, 0.25) is 5.91 Å². The first-order valence-corrected chi connectivity index (χ1v) is 6.24. The molecular weight excluding hydrogens is 250 g/mol. The van der Waals surface area contributed by atoms with Gasteiger partial charge in [0.1, 0.15) is 6.04 Å². The summed E-state index contributed by atoms with van der Waals surface area (Å²) in [6.07, 6.45) is 0.446. The first kappa shape index (κ1) is 17.2. The Morgan fingerprint density at radius 2 is 1.79 bits per heavy atom.